The fraction of sp³-hybridized carbons (Fsp3) is 0.125. The van der Waals surface area contributed by atoms with E-state index in [1.54, 1.807) is 19.1 Å². The number of rotatable bonds is 5. The van der Waals surface area contributed by atoms with Gasteiger partial charge in [0.15, 0.2) is 6.10 Å². The molecule has 0 heterocycles. The molecule has 0 radical (unpaired) electrons. The summed E-state index contributed by atoms with van der Waals surface area (Å²) < 4.78 is 6.31. The molecule has 2 N–H and O–H groups in total. The minimum Gasteiger partial charge on any atom is -0.507 e. The fourth-order valence-corrected chi connectivity index (χ4v) is 2.23. The molecule has 2 rings (SSSR count). The zero-order chi connectivity index (χ0) is 16.8. The minimum absolute atomic E-state index is 0.0184. The third kappa shape index (κ3) is 4.97. The summed E-state index contributed by atoms with van der Waals surface area (Å²) in [6.45, 7) is 1.61. The maximum Gasteiger partial charge on any atom is 0.280 e. The first kappa shape index (κ1) is 17.3. The van der Waals surface area contributed by atoms with Gasteiger partial charge in [-0.1, -0.05) is 23.7 Å². The fourth-order valence-electron chi connectivity index (χ4n) is 1.67. The highest BCUT2D eigenvalue weighted by atomic mass is 79.9. The standard InChI is InChI=1S/C16H14BrClN2O3/c1-10(23-15-5-3-2-4-13(15)17)16(22)20-19-9-11-8-12(18)6-7-14(11)21/h2-10,21H,1H3,(H,20,22). The number of amides is 1. The van der Waals surface area contributed by atoms with Crippen LogP contribution < -0.4 is 10.2 Å². The van der Waals surface area contributed by atoms with Crippen molar-refractivity contribution in [3.8, 4) is 11.5 Å². The van der Waals surface area contributed by atoms with E-state index in [0.29, 0.717) is 16.3 Å². The van der Waals surface area contributed by atoms with E-state index in [2.05, 4.69) is 26.5 Å². The second-order valence-corrected chi connectivity index (χ2v) is 5.92. The van der Waals surface area contributed by atoms with E-state index < -0.39 is 12.0 Å². The van der Waals surface area contributed by atoms with E-state index >= 15 is 0 Å². The first-order valence-electron chi connectivity index (χ1n) is 6.70. The number of para-hydroxylation sites is 1. The Hall–Kier alpha value is -2.05. The lowest BCUT2D eigenvalue weighted by Crippen LogP contribution is -2.33. The number of phenolic OH excluding ortho intramolecular Hbond substituents is 1. The molecule has 0 aromatic heterocycles. The van der Waals surface area contributed by atoms with Crippen LogP contribution in [0.3, 0.4) is 0 Å². The number of aromatic hydroxyl groups is 1. The van der Waals surface area contributed by atoms with Crippen LogP contribution in [-0.4, -0.2) is 23.3 Å². The monoisotopic (exact) mass is 396 g/mol. The molecule has 1 unspecified atom stereocenters. The summed E-state index contributed by atoms with van der Waals surface area (Å²) >= 11 is 9.17. The zero-order valence-corrected chi connectivity index (χ0v) is 14.5. The average Bonchev–Trinajstić information content (AvgIpc) is 2.52. The van der Waals surface area contributed by atoms with Crippen LogP contribution in [0.4, 0.5) is 0 Å². The predicted molar refractivity (Wildman–Crippen MR) is 93.1 cm³/mol. The third-order valence-corrected chi connectivity index (χ3v) is 3.77. The van der Waals surface area contributed by atoms with Crippen molar-refractivity contribution >= 4 is 39.7 Å². The number of nitrogens with one attached hydrogen (secondary N) is 1. The molecule has 7 heteroatoms. The van der Waals surface area contributed by atoms with Crippen LogP contribution in [0.25, 0.3) is 0 Å². The van der Waals surface area contributed by atoms with E-state index in [-0.39, 0.29) is 5.75 Å². The van der Waals surface area contributed by atoms with Gasteiger partial charge in [-0.3, -0.25) is 4.79 Å². The molecule has 0 fully saturated rings. The first-order valence-corrected chi connectivity index (χ1v) is 7.87. The summed E-state index contributed by atoms with van der Waals surface area (Å²) in [5.41, 5.74) is 2.75. The number of carbonyl (C=O) groups is 1. The van der Waals surface area contributed by atoms with Gasteiger partial charge >= 0.3 is 0 Å². The molecule has 1 atom stereocenters. The molecule has 0 spiro atoms. The molecule has 5 nitrogen and oxygen atoms in total. The number of carbonyl (C=O) groups excluding carboxylic acids is 1. The van der Waals surface area contributed by atoms with Gasteiger partial charge in [-0.25, -0.2) is 5.43 Å². The number of nitrogens with zero attached hydrogens (tertiary/aromatic N) is 1. The van der Waals surface area contributed by atoms with Crippen LogP contribution in [0.5, 0.6) is 11.5 Å². The second-order valence-electron chi connectivity index (χ2n) is 4.63. The Morgan fingerprint density at radius 1 is 1.39 bits per heavy atom. The van der Waals surface area contributed by atoms with Crippen LogP contribution in [-0.2, 0) is 4.79 Å². The predicted octanol–water partition coefficient (Wildman–Crippen LogP) is 3.73. The van der Waals surface area contributed by atoms with Crippen LogP contribution in [0, 0.1) is 0 Å². The maximum atomic E-state index is 11.9. The van der Waals surface area contributed by atoms with Crippen LogP contribution >= 0.6 is 27.5 Å². The molecule has 0 saturated heterocycles. The Bertz CT molecular complexity index is 737. The lowest BCUT2D eigenvalue weighted by atomic mass is 10.2. The summed E-state index contributed by atoms with van der Waals surface area (Å²) in [7, 11) is 0. The highest BCUT2D eigenvalue weighted by Gasteiger charge is 2.15. The molecular formula is C16H14BrClN2O3. The third-order valence-electron chi connectivity index (χ3n) is 2.88. The minimum atomic E-state index is -0.737. The number of hydrazone groups is 1. The van der Waals surface area contributed by atoms with Crippen LogP contribution in [0.15, 0.2) is 52.0 Å². The van der Waals surface area contributed by atoms with E-state index in [0.717, 1.165) is 4.47 Å². The second kappa shape index (κ2) is 7.99. The number of phenols is 1. The summed E-state index contributed by atoms with van der Waals surface area (Å²) in [5.74, 6) is 0.162. The Morgan fingerprint density at radius 3 is 2.87 bits per heavy atom. The Balaban J connectivity index is 1.95. The van der Waals surface area contributed by atoms with E-state index in [9.17, 15) is 9.90 Å². The first-order chi connectivity index (χ1) is 11.0. The summed E-state index contributed by atoms with van der Waals surface area (Å²) in [6.07, 6.45) is 0.573. The highest BCUT2D eigenvalue weighted by molar-refractivity contribution is 9.10. The molecule has 0 saturated carbocycles. The molecule has 23 heavy (non-hydrogen) atoms. The average molecular weight is 398 g/mol. The molecular weight excluding hydrogens is 384 g/mol. The van der Waals surface area contributed by atoms with Crippen molar-refractivity contribution in [3.63, 3.8) is 0 Å². The van der Waals surface area contributed by atoms with Gasteiger partial charge in [0.25, 0.3) is 5.91 Å². The lowest BCUT2D eigenvalue weighted by Gasteiger charge is -2.13. The molecule has 120 valence electrons. The van der Waals surface area contributed by atoms with Crippen molar-refractivity contribution in [2.24, 2.45) is 5.10 Å². The maximum absolute atomic E-state index is 11.9. The van der Waals surface area contributed by atoms with Gasteiger partial charge in [-0.05, 0) is 53.2 Å². The molecule has 1 amide bonds. The quantitative estimate of drug-likeness (QED) is 0.596. The number of halogens is 2. The molecule has 2 aromatic carbocycles. The molecule has 2 aromatic rings. The number of hydrogen-bond donors (Lipinski definition) is 2. The van der Waals surface area contributed by atoms with Gasteiger partial charge in [0.05, 0.1) is 10.7 Å². The topological polar surface area (TPSA) is 70.9 Å². The molecule has 0 bridgehead atoms. The number of hydrogen-bond acceptors (Lipinski definition) is 4. The van der Waals surface area contributed by atoms with Crippen LogP contribution in [0.1, 0.15) is 12.5 Å². The Morgan fingerprint density at radius 2 is 2.13 bits per heavy atom. The Kier molecular flexibility index (Phi) is 6.01. The van der Waals surface area contributed by atoms with Gasteiger partial charge in [0.2, 0.25) is 0 Å². The highest BCUT2D eigenvalue weighted by Crippen LogP contribution is 2.24. The van der Waals surface area contributed by atoms with Gasteiger partial charge in [-0.2, -0.15) is 5.10 Å². The van der Waals surface area contributed by atoms with E-state index in [1.807, 2.05) is 18.2 Å². The van der Waals surface area contributed by atoms with Gasteiger partial charge in [-0.15, -0.1) is 0 Å². The summed E-state index contributed by atoms with van der Waals surface area (Å²) in [5, 5.41) is 13.9. The normalized spacial score (nSPS) is 12.1. The smallest absolute Gasteiger partial charge is 0.280 e. The number of ether oxygens (including phenoxy) is 1. The molecule has 0 aliphatic carbocycles. The lowest BCUT2D eigenvalue weighted by molar-refractivity contribution is -0.127. The van der Waals surface area contributed by atoms with Crippen molar-refractivity contribution < 1.29 is 14.6 Å². The summed E-state index contributed by atoms with van der Waals surface area (Å²) in [4.78, 5) is 11.9. The van der Waals surface area contributed by atoms with Crippen molar-refractivity contribution in [1.82, 2.24) is 5.43 Å². The number of benzene rings is 2. The van der Waals surface area contributed by atoms with E-state index in [1.165, 1.54) is 18.3 Å². The largest absolute Gasteiger partial charge is 0.507 e. The van der Waals surface area contributed by atoms with Crippen molar-refractivity contribution in [2.45, 2.75) is 13.0 Å². The molecule has 0 aliphatic rings. The van der Waals surface area contributed by atoms with E-state index in [4.69, 9.17) is 16.3 Å². The van der Waals surface area contributed by atoms with Gasteiger partial charge < -0.3 is 9.84 Å². The van der Waals surface area contributed by atoms with Crippen molar-refractivity contribution in [3.05, 3.63) is 57.5 Å². The van der Waals surface area contributed by atoms with Crippen molar-refractivity contribution in [1.29, 1.82) is 0 Å². The van der Waals surface area contributed by atoms with Gasteiger partial charge in [0, 0.05) is 10.6 Å². The Labute approximate surface area is 147 Å². The SMILES string of the molecule is CC(Oc1ccccc1Br)C(=O)NN=Cc1cc(Cl)ccc1O. The summed E-state index contributed by atoms with van der Waals surface area (Å²) in [6, 6.07) is 11.8. The molecule has 0 aliphatic heterocycles. The van der Waals surface area contributed by atoms with Gasteiger partial charge in [0.1, 0.15) is 11.5 Å². The van der Waals surface area contributed by atoms with Crippen LogP contribution in [0.2, 0.25) is 5.02 Å². The van der Waals surface area contributed by atoms with Crippen molar-refractivity contribution in [2.75, 3.05) is 0 Å². The zero-order valence-electron chi connectivity index (χ0n) is 12.2.